The molecule has 0 saturated carbocycles. The van der Waals surface area contributed by atoms with E-state index >= 15 is 0 Å². The summed E-state index contributed by atoms with van der Waals surface area (Å²) in [6.07, 6.45) is 2.99. The zero-order chi connectivity index (χ0) is 10.3. The molecule has 0 aliphatic rings. The number of hydrogen-bond acceptors (Lipinski definition) is 3. The molecule has 4 heteroatoms. The minimum Gasteiger partial charge on any atom is -0.451 e. The fourth-order valence-electron chi connectivity index (χ4n) is 1.46. The Bertz CT molecular complexity index is 598. The summed E-state index contributed by atoms with van der Waals surface area (Å²) >= 11 is 0. The van der Waals surface area contributed by atoms with Gasteiger partial charge in [0.1, 0.15) is 17.7 Å². The number of hydrogen-bond donors (Lipinski definition) is 0. The quantitative estimate of drug-likeness (QED) is 0.609. The number of halogens is 1. The van der Waals surface area contributed by atoms with Crippen molar-refractivity contribution in [3.8, 4) is 11.7 Å². The Balaban J connectivity index is 2.22. The lowest BCUT2D eigenvalue weighted by Gasteiger charge is -1.86. The molecule has 0 aliphatic carbocycles. The van der Waals surface area contributed by atoms with Crippen LogP contribution in [0.5, 0.6) is 0 Å². The van der Waals surface area contributed by atoms with Gasteiger partial charge in [0.15, 0.2) is 5.76 Å². The molecule has 0 spiro atoms. The van der Waals surface area contributed by atoms with Gasteiger partial charge in [-0.3, -0.25) is 0 Å². The molecule has 0 aliphatic heterocycles. The third-order valence-electron chi connectivity index (χ3n) is 2.12. The highest BCUT2D eigenvalue weighted by Gasteiger charge is 2.09. The maximum absolute atomic E-state index is 12.9. The topological polar surface area (TPSA) is 39.2 Å². The van der Waals surface area contributed by atoms with Gasteiger partial charge in [-0.1, -0.05) is 0 Å². The zero-order valence-corrected chi connectivity index (χ0v) is 7.61. The van der Waals surface area contributed by atoms with Crippen LogP contribution in [-0.2, 0) is 0 Å². The van der Waals surface area contributed by atoms with Gasteiger partial charge in [0.2, 0.25) is 0 Å². The molecule has 0 radical (unpaired) electrons. The highest BCUT2D eigenvalue weighted by molar-refractivity contribution is 5.81. The maximum atomic E-state index is 12.9. The molecular weight excluding hydrogens is 197 g/mol. The first-order valence-electron chi connectivity index (χ1n) is 4.42. The zero-order valence-electron chi connectivity index (χ0n) is 7.61. The predicted molar refractivity (Wildman–Crippen MR) is 51.7 cm³/mol. The molecule has 3 nitrogen and oxygen atoms in total. The SMILES string of the molecule is Fc1ccc2oc(-c3ncco3)cc2c1. The van der Waals surface area contributed by atoms with Gasteiger partial charge in [-0.15, -0.1) is 0 Å². The predicted octanol–water partition coefficient (Wildman–Crippen LogP) is 3.23. The van der Waals surface area contributed by atoms with Crippen molar-refractivity contribution in [3.63, 3.8) is 0 Å². The summed E-state index contributed by atoms with van der Waals surface area (Å²) in [5.74, 6) is 0.606. The van der Waals surface area contributed by atoms with Gasteiger partial charge in [0.05, 0.1) is 6.20 Å². The van der Waals surface area contributed by atoms with Crippen molar-refractivity contribution in [2.45, 2.75) is 0 Å². The Labute approximate surface area is 84.1 Å². The summed E-state index contributed by atoms with van der Waals surface area (Å²) in [6, 6.07) is 6.04. The lowest BCUT2D eigenvalue weighted by atomic mass is 10.2. The van der Waals surface area contributed by atoms with E-state index in [0.717, 1.165) is 0 Å². The van der Waals surface area contributed by atoms with E-state index in [-0.39, 0.29) is 5.82 Å². The van der Waals surface area contributed by atoms with Gasteiger partial charge in [-0.2, -0.15) is 0 Å². The fourth-order valence-corrected chi connectivity index (χ4v) is 1.46. The molecule has 0 amide bonds. The van der Waals surface area contributed by atoms with E-state index in [2.05, 4.69) is 4.98 Å². The highest BCUT2D eigenvalue weighted by Crippen LogP contribution is 2.26. The number of rotatable bonds is 1. The number of aromatic nitrogens is 1. The summed E-state index contributed by atoms with van der Waals surface area (Å²) < 4.78 is 23.4. The van der Waals surface area contributed by atoms with Gasteiger partial charge >= 0.3 is 0 Å². The van der Waals surface area contributed by atoms with Crippen LogP contribution in [0.3, 0.4) is 0 Å². The second-order valence-corrected chi connectivity index (χ2v) is 3.13. The van der Waals surface area contributed by atoms with Crippen LogP contribution in [0.25, 0.3) is 22.6 Å². The molecule has 3 aromatic rings. The average Bonchev–Trinajstić information content (AvgIpc) is 2.84. The first-order valence-corrected chi connectivity index (χ1v) is 4.42. The molecule has 74 valence electrons. The maximum Gasteiger partial charge on any atom is 0.262 e. The Morgan fingerprint density at radius 3 is 2.93 bits per heavy atom. The molecule has 3 rings (SSSR count). The van der Waals surface area contributed by atoms with Crippen LogP contribution >= 0.6 is 0 Å². The van der Waals surface area contributed by atoms with Crippen LogP contribution in [-0.4, -0.2) is 4.98 Å². The van der Waals surface area contributed by atoms with Crippen LogP contribution in [0.4, 0.5) is 4.39 Å². The van der Waals surface area contributed by atoms with E-state index < -0.39 is 0 Å². The second-order valence-electron chi connectivity index (χ2n) is 3.13. The lowest BCUT2D eigenvalue weighted by molar-refractivity contribution is 0.534. The fraction of sp³-hybridized carbons (Fsp3) is 0. The monoisotopic (exact) mass is 203 g/mol. The normalized spacial score (nSPS) is 11.0. The Morgan fingerprint density at radius 2 is 2.13 bits per heavy atom. The minimum atomic E-state index is -0.290. The Morgan fingerprint density at radius 1 is 1.20 bits per heavy atom. The van der Waals surface area contributed by atoms with Crippen molar-refractivity contribution in [1.82, 2.24) is 4.98 Å². The molecule has 2 heterocycles. The lowest BCUT2D eigenvalue weighted by Crippen LogP contribution is -1.69. The molecule has 0 atom stereocenters. The third-order valence-corrected chi connectivity index (χ3v) is 2.12. The summed E-state index contributed by atoms with van der Waals surface area (Å²) in [5, 5.41) is 0.697. The van der Waals surface area contributed by atoms with Crippen molar-refractivity contribution in [1.29, 1.82) is 0 Å². The van der Waals surface area contributed by atoms with E-state index in [1.54, 1.807) is 12.1 Å². The largest absolute Gasteiger partial charge is 0.451 e. The van der Waals surface area contributed by atoms with Crippen molar-refractivity contribution < 1.29 is 13.2 Å². The smallest absolute Gasteiger partial charge is 0.262 e. The van der Waals surface area contributed by atoms with E-state index in [1.807, 2.05) is 0 Å². The molecule has 15 heavy (non-hydrogen) atoms. The van der Waals surface area contributed by atoms with Gasteiger partial charge in [0, 0.05) is 5.39 Å². The average molecular weight is 203 g/mol. The molecule has 2 aromatic heterocycles. The van der Waals surface area contributed by atoms with E-state index in [1.165, 1.54) is 24.6 Å². The molecule has 0 unspecified atom stereocenters. The summed E-state index contributed by atoms with van der Waals surface area (Å²) in [4.78, 5) is 3.95. The Hall–Kier alpha value is -2.10. The second kappa shape index (κ2) is 2.95. The van der Waals surface area contributed by atoms with Gasteiger partial charge in [-0.05, 0) is 24.3 Å². The minimum absolute atomic E-state index is 0.290. The Kier molecular flexibility index (Phi) is 1.62. The molecule has 1 aromatic carbocycles. The molecular formula is C11H6FNO2. The van der Waals surface area contributed by atoms with Crippen molar-refractivity contribution in [2.24, 2.45) is 0 Å². The van der Waals surface area contributed by atoms with Crippen molar-refractivity contribution in [2.75, 3.05) is 0 Å². The summed E-state index contributed by atoms with van der Waals surface area (Å²) in [7, 11) is 0. The van der Waals surface area contributed by atoms with Crippen LogP contribution in [0.1, 0.15) is 0 Å². The number of fused-ring (bicyclic) bond motifs is 1. The summed E-state index contributed by atoms with van der Waals surface area (Å²) in [5.41, 5.74) is 0.615. The van der Waals surface area contributed by atoms with Crippen LogP contribution in [0.15, 0.2) is 45.6 Å². The highest BCUT2D eigenvalue weighted by atomic mass is 19.1. The first kappa shape index (κ1) is 8.23. The number of furan rings is 1. The van der Waals surface area contributed by atoms with Gasteiger partial charge < -0.3 is 8.83 Å². The van der Waals surface area contributed by atoms with E-state index in [4.69, 9.17) is 8.83 Å². The van der Waals surface area contributed by atoms with Crippen LogP contribution in [0.2, 0.25) is 0 Å². The molecule has 0 N–H and O–H groups in total. The van der Waals surface area contributed by atoms with Crippen LogP contribution < -0.4 is 0 Å². The van der Waals surface area contributed by atoms with Gasteiger partial charge in [0.25, 0.3) is 5.89 Å². The molecule has 0 bridgehead atoms. The van der Waals surface area contributed by atoms with Crippen molar-refractivity contribution in [3.05, 3.63) is 42.5 Å². The standard InChI is InChI=1S/C11H6FNO2/c12-8-1-2-9-7(5-8)6-10(15-9)11-13-3-4-14-11/h1-6H. The summed E-state index contributed by atoms with van der Waals surface area (Å²) in [6.45, 7) is 0. The van der Waals surface area contributed by atoms with E-state index in [0.29, 0.717) is 22.6 Å². The third kappa shape index (κ3) is 1.30. The van der Waals surface area contributed by atoms with Crippen LogP contribution in [0, 0.1) is 5.82 Å². The van der Waals surface area contributed by atoms with Crippen molar-refractivity contribution >= 4 is 11.0 Å². The number of oxazole rings is 1. The number of benzene rings is 1. The first-order chi connectivity index (χ1) is 7.33. The van der Waals surface area contributed by atoms with E-state index in [9.17, 15) is 4.39 Å². The van der Waals surface area contributed by atoms with Gasteiger partial charge in [-0.25, -0.2) is 9.37 Å². The molecule has 0 saturated heterocycles. The number of nitrogens with zero attached hydrogens (tertiary/aromatic N) is 1. The molecule has 0 fully saturated rings.